The van der Waals surface area contributed by atoms with Gasteiger partial charge in [0.2, 0.25) is 0 Å². The van der Waals surface area contributed by atoms with Crippen molar-refractivity contribution in [2.45, 2.75) is 26.2 Å². The van der Waals surface area contributed by atoms with Crippen molar-refractivity contribution in [2.75, 3.05) is 13.2 Å². The maximum absolute atomic E-state index is 5.97. The summed E-state index contributed by atoms with van der Waals surface area (Å²) in [6, 6.07) is 0. The minimum Gasteiger partial charge on any atom is -0.416 e. The Bertz CT molecular complexity index is 199. The highest BCUT2D eigenvalue weighted by Crippen LogP contribution is 2.16. The SMILES string of the molecule is C=CCO[Si](C)(OCC=C)O[Si](C)(C)C. The normalized spacial score (nSPS) is 12.5. The minimum absolute atomic E-state index is 0.463. The van der Waals surface area contributed by atoms with Crippen LogP contribution in [0, 0.1) is 0 Å². The molecule has 0 atom stereocenters. The maximum Gasteiger partial charge on any atom is 0.487 e. The van der Waals surface area contributed by atoms with Crippen molar-refractivity contribution in [3.8, 4) is 0 Å². The lowest BCUT2D eigenvalue weighted by molar-refractivity contribution is 0.135. The van der Waals surface area contributed by atoms with Crippen molar-refractivity contribution in [3.05, 3.63) is 25.3 Å². The molecule has 3 nitrogen and oxygen atoms in total. The first-order valence-corrected chi connectivity index (χ1v) is 10.7. The smallest absolute Gasteiger partial charge is 0.416 e. The monoisotopic (exact) mass is 246 g/mol. The van der Waals surface area contributed by atoms with E-state index in [9.17, 15) is 0 Å². The second-order valence-corrected chi connectivity index (χ2v) is 11.6. The largest absolute Gasteiger partial charge is 0.487 e. The van der Waals surface area contributed by atoms with Gasteiger partial charge in [-0.25, -0.2) is 0 Å². The molecule has 0 spiro atoms. The van der Waals surface area contributed by atoms with Gasteiger partial charge in [-0.05, 0) is 19.6 Å². The summed E-state index contributed by atoms with van der Waals surface area (Å²) in [5.74, 6) is 0. The molecule has 0 saturated heterocycles. The third-order valence-electron chi connectivity index (χ3n) is 1.42. The molecular weight excluding hydrogens is 224 g/mol. The van der Waals surface area contributed by atoms with E-state index in [0.29, 0.717) is 13.2 Å². The van der Waals surface area contributed by atoms with E-state index in [4.69, 9.17) is 13.0 Å². The topological polar surface area (TPSA) is 27.7 Å². The summed E-state index contributed by atoms with van der Waals surface area (Å²) in [5.41, 5.74) is 0. The zero-order valence-electron chi connectivity index (χ0n) is 10.2. The van der Waals surface area contributed by atoms with E-state index in [1.807, 2.05) is 6.55 Å². The van der Waals surface area contributed by atoms with Crippen LogP contribution in [0.5, 0.6) is 0 Å². The van der Waals surface area contributed by atoms with Gasteiger partial charge in [0.1, 0.15) is 0 Å². The van der Waals surface area contributed by atoms with Crippen LogP contribution in [-0.2, 0) is 13.0 Å². The fourth-order valence-corrected chi connectivity index (χ4v) is 6.92. The maximum atomic E-state index is 5.97. The average molecular weight is 246 g/mol. The van der Waals surface area contributed by atoms with Crippen LogP contribution < -0.4 is 0 Å². The summed E-state index contributed by atoms with van der Waals surface area (Å²) < 4.78 is 17.2. The van der Waals surface area contributed by atoms with Gasteiger partial charge in [0.05, 0.1) is 13.2 Å². The molecule has 0 heterocycles. The summed E-state index contributed by atoms with van der Waals surface area (Å²) in [6.45, 7) is 16.4. The second kappa shape index (κ2) is 6.39. The fourth-order valence-electron chi connectivity index (χ4n) is 1.08. The van der Waals surface area contributed by atoms with E-state index < -0.39 is 17.1 Å². The van der Waals surface area contributed by atoms with Crippen LogP contribution >= 0.6 is 0 Å². The van der Waals surface area contributed by atoms with Crippen LogP contribution in [0.15, 0.2) is 25.3 Å². The molecule has 0 aromatic carbocycles. The first-order valence-electron chi connectivity index (χ1n) is 5.03. The number of hydrogen-bond acceptors (Lipinski definition) is 3. The average Bonchev–Trinajstić information content (AvgIpc) is 2.09. The van der Waals surface area contributed by atoms with Gasteiger partial charge in [-0.15, -0.1) is 13.2 Å². The van der Waals surface area contributed by atoms with Gasteiger partial charge in [0.15, 0.2) is 8.32 Å². The Kier molecular flexibility index (Phi) is 6.30. The third kappa shape index (κ3) is 7.69. The molecule has 88 valence electrons. The van der Waals surface area contributed by atoms with Crippen LogP contribution in [-0.4, -0.2) is 30.3 Å². The number of hydrogen-bond donors (Lipinski definition) is 0. The first kappa shape index (κ1) is 14.8. The molecule has 5 heteroatoms. The van der Waals surface area contributed by atoms with E-state index in [0.717, 1.165) is 0 Å². The van der Waals surface area contributed by atoms with Crippen molar-refractivity contribution in [3.63, 3.8) is 0 Å². The first-order chi connectivity index (χ1) is 6.83. The third-order valence-corrected chi connectivity index (χ3v) is 6.73. The van der Waals surface area contributed by atoms with Gasteiger partial charge in [-0.1, -0.05) is 12.2 Å². The Labute approximate surface area is 95.2 Å². The lowest BCUT2D eigenvalue weighted by atomic mass is 10.7. The number of rotatable bonds is 8. The van der Waals surface area contributed by atoms with E-state index in [1.54, 1.807) is 12.2 Å². The molecule has 0 fully saturated rings. The molecule has 0 aliphatic heterocycles. The predicted octanol–water partition coefficient (Wildman–Crippen LogP) is 2.81. The van der Waals surface area contributed by atoms with Crippen LogP contribution in [0.4, 0.5) is 0 Å². The summed E-state index contributed by atoms with van der Waals surface area (Å²) in [5, 5.41) is 0. The summed E-state index contributed by atoms with van der Waals surface area (Å²) in [6.07, 6.45) is 3.41. The molecule has 0 amide bonds. The summed E-state index contributed by atoms with van der Waals surface area (Å²) in [7, 11) is -4.16. The van der Waals surface area contributed by atoms with Gasteiger partial charge in [-0.3, -0.25) is 0 Å². The Hall–Kier alpha value is -0.206. The minimum atomic E-state index is -2.51. The Morgan fingerprint density at radius 1 is 0.933 bits per heavy atom. The predicted molar refractivity (Wildman–Crippen MR) is 68.3 cm³/mol. The molecule has 0 aromatic heterocycles. The fraction of sp³-hybridized carbons (Fsp3) is 0.600. The highest BCUT2D eigenvalue weighted by molar-refractivity contribution is 6.79. The van der Waals surface area contributed by atoms with Crippen molar-refractivity contribution >= 4 is 17.1 Å². The van der Waals surface area contributed by atoms with Crippen LogP contribution in [0.2, 0.25) is 26.2 Å². The van der Waals surface area contributed by atoms with Gasteiger partial charge in [0, 0.05) is 6.55 Å². The Morgan fingerprint density at radius 3 is 1.60 bits per heavy atom. The highest BCUT2D eigenvalue weighted by atomic mass is 28.5. The molecule has 0 N–H and O–H groups in total. The van der Waals surface area contributed by atoms with Gasteiger partial charge >= 0.3 is 8.80 Å². The van der Waals surface area contributed by atoms with Gasteiger partial charge in [-0.2, -0.15) is 0 Å². The van der Waals surface area contributed by atoms with Gasteiger partial charge in [0.25, 0.3) is 0 Å². The quantitative estimate of drug-likeness (QED) is 0.487. The molecule has 0 aliphatic rings. The lowest BCUT2D eigenvalue weighted by Gasteiger charge is -2.31. The molecule has 0 aliphatic carbocycles. The second-order valence-electron chi connectivity index (χ2n) is 4.28. The van der Waals surface area contributed by atoms with Crippen molar-refractivity contribution in [2.24, 2.45) is 0 Å². The van der Waals surface area contributed by atoms with Gasteiger partial charge < -0.3 is 13.0 Å². The molecule has 15 heavy (non-hydrogen) atoms. The Morgan fingerprint density at radius 2 is 1.33 bits per heavy atom. The lowest BCUT2D eigenvalue weighted by Crippen LogP contribution is -2.50. The molecule has 0 rings (SSSR count). The van der Waals surface area contributed by atoms with E-state index in [-0.39, 0.29) is 0 Å². The van der Waals surface area contributed by atoms with Crippen LogP contribution in [0.1, 0.15) is 0 Å². The van der Waals surface area contributed by atoms with Crippen molar-refractivity contribution in [1.82, 2.24) is 0 Å². The molecule has 0 bridgehead atoms. The van der Waals surface area contributed by atoms with E-state index in [2.05, 4.69) is 32.8 Å². The zero-order chi connectivity index (χ0) is 11.9. The molecule has 0 radical (unpaired) electrons. The molecule has 0 aromatic rings. The van der Waals surface area contributed by atoms with E-state index in [1.165, 1.54) is 0 Å². The van der Waals surface area contributed by atoms with Crippen LogP contribution in [0.3, 0.4) is 0 Å². The molecule has 0 unspecified atom stereocenters. The highest BCUT2D eigenvalue weighted by Gasteiger charge is 2.39. The van der Waals surface area contributed by atoms with E-state index >= 15 is 0 Å². The zero-order valence-corrected chi connectivity index (χ0v) is 12.2. The van der Waals surface area contributed by atoms with Crippen LogP contribution in [0.25, 0.3) is 0 Å². The Balaban J connectivity index is 4.38. The van der Waals surface area contributed by atoms with Crippen molar-refractivity contribution < 1.29 is 13.0 Å². The van der Waals surface area contributed by atoms with Crippen molar-refractivity contribution in [1.29, 1.82) is 0 Å². The summed E-state index contributed by atoms with van der Waals surface area (Å²) in [4.78, 5) is 0. The molecular formula is C10H22O3Si2. The summed E-state index contributed by atoms with van der Waals surface area (Å²) >= 11 is 0. The standard InChI is InChI=1S/C10H22O3Si2/c1-7-9-11-15(6,12-10-8-2)13-14(3,4)5/h7-8H,1-2,9-10H2,3-6H3. The molecule has 0 saturated carbocycles.